The Morgan fingerprint density at radius 1 is 0.944 bits per heavy atom. The van der Waals surface area contributed by atoms with Crippen molar-refractivity contribution in [3.05, 3.63) is 59.7 Å². The third-order valence-corrected chi connectivity index (χ3v) is 7.71. The van der Waals surface area contributed by atoms with E-state index in [-0.39, 0.29) is 5.91 Å². The summed E-state index contributed by atoms with van der Waals surface area (Å²) in [5.41, 5.74) is 3.13. The molecule has 0 saturated heterocycles. The van der Waals surface area contributed by atoms with Crippen LogP contribution in [-0.4, -0.2) is 34.0 Å². The number of azo groups is 1. The maximum absolute atomic E-state index is 13.8. The molecule has 0 unspecified atom stereocenters. The number of carbonyl (C=O) groups excluding carboxylic acids is 2. The largest absolute Gasteiger partial charge is 0.387 e. The highest BCUT2D eigenvalue weighted by molar-refractivity contribution is 6.11. The Labute approximate surface area is 212 Å². The SMILES string of the molecule is CCCCC1=N[C@](C)(C2CCCCC2)C(=O)N1Cc1ccc(-c2ccccc2C2=NC(=O)N=N2)cc1. The van der Waals surface area contributed by atoms with E-state index >= 15 is 0 Å². The fraction of sp³-hybridized carbons (Fsp3) is 0.448. The van der Waals surface area contributed by atoms with Crippen molar-refractivity contribution >= 4 is 23.6 Å². The summed E-state index contributed by atoms with van der Waals surface area (Å²) in [6.45, 7) is 4.76. The summed E-state index contributed by atoms with van der Waals surface area (Å²) < 4.78 is 0. The topological polar surface area (TPSA) is 86.8 Å². The van der Waals surface area contributed by atoms with Crippen LogP contribution in [0.15, 0.2) is 68.7 Å². The lowest BCUT2D eigenvalue weighted by molar-refractivity contribution is -0.133. The first-order valence-corrected chi connectivity index (χ1v) is 13.1. The molecule has 0 N–H and O–H groups in total. The number of aliphatic imine (C=N–C) groups is 2. The van der Waals surface area contributed by atoms with E-state index < -0.39 is 11.6 Å². The summed E-state index contributed by atoms with van der Waals surface area (Å²) in [7, 11) is 0. The molecule has 7 nitrogen and oxygen atoms in total. The highest BCUT2D eigenvalue weighted by Crippen LogP contribution is 2.40. The average Bonchev–Trinajstić information content (AvgIpc) is 3.45. The lowest BCUT2D eigenvalue weighted by Gasteiger charge is -2.33. The first-order valence-electron chi connectivity index (χ1n) is 13.1. The summed E-state index contributed by atoms with van der Waals surface area (Å²) in [6.07, 6.45) is 8.77. The van der Waals surface area contributed by atoms with Gasteiger partial charge in [-0.15, -0.1) is 5.11 Å². The number of unbranched alkanes of at least 4 members (excludes halogenated alkanes) is 1. The van der Waals surface area contributed by atoms with Crippen LogP contribution in [0.1, 0.15) is 76.3 Å². The summed E-state index contributed by atoms with van der Waals surface area (Å²) in [4.78, 5) is 36.2. The van der Waals surface area contributed by atoms with Gasteiger partial charge in [-0.3, -0.25) is 14.7 Å². The highest BCUT2D eigenvalue weighted by Gasteiger charge is 2.49. The van der Waals surface area contributed by atoms with Crippen LogP contribution in [0.25, 0.3) is 11.1 Å². The molecule has 1 aliphatic carbocycles. The van der Waals surface area contributed by atoms with Gasteiger partial charge in [0.1, 0.15) is 11.4 Å². The molecule has 186 valence electrons. The minimum absolute atomic E-state index is 0.157. The molecule has 0 bridgehead atoms. The predicted octanol–water partition coefficient (Wildman–Crippen LogP) is 6.96. The molecule has 0 aromatic heterocycles. The van der Waals surface area contributed by atoms with Gasteiger partial charge in [-0.25, -0.2) is 4.79 Å². The van der Waals surface area contributed by atoms with E-state index in [2.05, 4.69) is 41.2 Å². The van der Waals surface area contributed by atoms with E-state index in [9.17, 15) is 9.59 Å². The van der Waals surface area contributed by atoms with Gasteiger partial charge in [0.2, 0.25) is 0 Å². The molecule has 2 heterocycles. The first-order chi connectivity index (χ1) is 17.5. The third kappa shape index (κ3) is 4.66. The average molecular weight is 484 g/mol. The van der Waals surface area contributed by atoms with E-state index in [4.69, 9.17) is 4.99 Å². The molecule has 2 aromatic rings. The van der Waals surface area contributed by atoms with Crippen LogP contribution in [0.2, 0.25) is 0 Å². The quantitative estimate of drug-likeness (QED) is 0.406. The number of benzene rings is 2. The number of amidine groups is 2. The van der Waals surface area contributed by atoms with Crippen LogP contribution in [0, 0.1) is 5.92 Å². The zero-order chi connectivity index (χ0) is 25.1. The summed E-state index contributed by atoms with van der Waals surface area (Å²) in [5, 5.41) is 7.44. The van der Waals surface area contributed by atoms with Gasteiger partial charge in [-0.2, -0.15) is 4.99 Å². The standard InChI is InChI=1S/C29H33N5O2/c1-3-4-14-25-31-29(2,22-10-6-5-7-11-22)27(35)34(25)19-20-15-17-21(18-16-20)23-12-8-9-13-24(23)26-30-28(36)33-32-26/h8-9,12-13,15-18,22H,3-7,10-11,14,19H2,1-2H3/t29-/m1/s1. The zero-order valence-corrected chi connectivity index (χ0v) is 21.1. The van der Waals surface area contributed by atoms with Crippen molar-refractivity contribution in [2.24, 2.45) is 26.1 Å². The van der Waals surface area contributed by atoms with E-state index in [0.29, 0.717) is 18.3 Å². The molecule has 3 amide bonds. The number of rotatable bonds is 8. The van der Waals surface area contributed by atoms with Gasteiger partial charge in [0, 0.05) is 12.0 Å². The van der Waals surface area contributed by atoms with Crippen molar-refractivity contribution in [3.8, 4) is 11.1 Å². The van der Waals surface area contributed by atoms with Gasteiger partial charge >= 0.3 is 6.03 Å². The smallest absolute Gasteiger partial charge is 0.294 e. The van der Waals surface area contributed by atoms with Crippen molar-refractivity contribution in [2.75, 3.05) is 0 Å². The van der Waals surface area contributed by atoms with E-state index in [0.717, 1.165) is 60.2 Å². The van der Waals surface area contributed by atoms with Crippen molar-refractivity contribution in [1.29, 1.82) is 0 Å². The van der Waals surface area contributed by atoms with Crippen molar-refractivity contribution in [2.45, 2.75) is 77.3 Å². The van der Waals surface area contributed by atoms with Gasteiger partial charge in [0.15, 0.2) is 5.84 Å². The Morgan fingerprint density at radius 2 is 1.67 bits per heavy atom. The number of urea groups is 1. The number of amides is 3. The van der Waals surface area contributed by atoms with Crippen LogP contribution < -0.4 is 0 Å². The van der Waals surface area contributed by atoms with Gasteiger partial charge in [0.05, 0.1) is 6.54 Å². The monoisotopic (exact) mass is 483 g/mol. The van der Waals surface area contributed by atoms with Gasteiger partial charge < -0.3 is 0 Å². The molecule has 5 rings (SSSR count). The summed E-state index contributed by atoms with van der Waals surface area (Å²) >= 11 is 0. The van der Waals surface area contributed by atoms with E-state index in [1.165, 1.54) is 19.3 Å². The maximum Gasteiger partial charge on any atom is 0.387 e. The fourth-order valence-corrected chi connectivity index (χ4v) is 5.63. The second kappa shape index (κ2) is 10.2. The molecular weight excluding hydrogens is 450 g/mol. The predicted molar refractivity (Wildman–Crippen MR) is 141 cm³/mol. The number of nitrogens with zero attached hydrogens (tertiary/aromatic N) is 5. The van der Waals surface area contributed by atoms with Crippen molar-refractivity contribution in [3.63, 3.8) is 0 Å². The minimum Gasteiger partial charge on any atom is -0.294 e. The highest BCUT2D eigenvalue weighted by atomic mass is 16.2. The Balaban J connectivity index is 1.38. The minimum atomic E-state index is -0.629. The lowest BCUT2D eigenvalue weighted by Crippen LogP contribution is -2.45. The molecule has 1 atom stereocenters. The van der Waals surface area contributed by atoms with Crippen molar-refractivity contribution < 1.29 is 9.59 Å². The zero-order valence-electron chi connectivity index (χ0n) is 21.1. The second-order valence-corrected chi connectivity index (χ2v) is 10.2. The van der Waals surface area contributed by atoms with Gasteiger partial charge in [-0.1, -0.05) is 86.3 Å². The molecular formula is C29H33N5O2. The fourth-order valence-electron chi connectivity index (χ4n) is 5.63. The summed E-state index contributed by atoms with van der Waals surface area (Å²) in [6, 6.07) is 15.4. The first kappa shape index (κ1) is 24.2. The lowest BCUT2D eigenvalue weighted by atomic mass is 9.75. The normalized spacial score (nSPS) is 22.3. The number of hydrogen-bond acceptors (Lipinski definition) is 4. The Bertz CT molecular complexity index is 1240. The molecule has 36 heavy (non-hydrogen) atoms. The molecule has 1 fully saturated rings. The number of hydrogen-bond donors (Lipinski definition) is 0. The van der Waals surface area contributed by atoms with Crippen molar-refractivity contribution in [1.82, 2.24) is 4.90 Å². The Hall–Kier alpha value is -3.48. The van der Waals surface area contributed by atoms with Crippen LogP contribution in [0.4, 0.5) is 4.79 Å². The van der Waals surface area contributed by atoms with Gasteiger partial charge in [0.25, 0.3) is 5.91 Å². The Morgan fingerprint density at radius 3 is 2.33 bits per heavy atom. The van der Waals surface area contributed by atoms with Gasteiger partial charge in [-0.05, 0) is 48.8 Å². The molecule has 2 aliphatic heterocycles. The molecule has 7 heteroatoms. The third-order valence-electron chi connectivity index (χ3n) is 7.71. The number of carbonyl (C=O) groups is 2. The van der Waals surface area contributed by atoms with E-state index in [1.807, 2.05) is 41.3 Å². The molecule has 1 saturated carbocycles. The Kier molecular flexibility index (Phi) is 6.90. The summed E-state index contributed by atoms with van der Waals surface area (Å²) in [5.74, 6) is 1.77. The molecule has 0 radical (unpaired) electrons. The van der Waals surface area contributed by atoms with E-state index in [1.54, 1.807) is 0 Å². The maximum atomic E-state index is 13.8. The molecule has 2 aromatic carbocycles. The second-order valence-electron chi connectivity index (χ2n) is 10.2. The molecule has 0 spiro atoms. The van der Waals surface area contributed by atoms with Crippen LogP contribution in [0.3, 0.4) is 0 Å². The van der Waals surface area contributed by atoms with Crippen LogP contribution in [0.5, 0.6) is 0 Å². The molecule has 3 aliphatic rings. The van der Waals surface area contributed by atoms with Crippen LogP contribution >= 0.6 is 0 Å². The van der Waals surface area contributed by atoms with Crippen LogP contribution in [-0.2, 0) is 11.3 Å².